The number of hydrogen-bond acceptors (Lipinski definition) is 3. The van der Waals surface area contributed by atoms with Crippen molar-refractivity contribution in [3.63, 3.8) is 0 Å². The molecule has 3 nitrogen and oxygen atoms in total. The lowest BCUT2D eigenvalue weighted by Gasteiger charge is -2.23. The molecule has 1 saturated heterocycles. The summed E-state index contributed by atoms with van der Waals surface area (Å²) in [4.78, 5) is 0. The van der Waals surface area contributed by atoms with E-state index in [-0.39, 0.29) is 0 Å². The van der Waals surface area contributed by atoms with Crippen LogP contribution in [0.15, 0.2) is 41.0 Å². The second-order valence-electron chi connectivity index (χ2n) is 4.11. The highest BCUT2D eigenvalue weighted by Crippen LogP contribution is 2.05. The number of allylic oxidation sites excluding steroid dienone is 1. The Hall–Kier alpha value is -1.61. The lowest BCUT2D eigenvalue weighted by Crippen LogP contribution is -2.32. The largest absolute Gasteiger partial charge is 0.378 e. The summed E-state index contributed by atoms with van der Waals surface area (Å²) in [5.74, 6) is 0. The summed E-state index contributed by atoms with van der Waals surface area (Å²) in [6.45, 7) is 5.39. The highest BCUT2D eigenvalue weighted by molar-refractivity contribution is 5.84. The van der Waals surface area contributed by atoms with Crippen LogP contribution in [0, 0.1) is 0 Å². The number of morpholine rings is 1. The molecule has 0 amide bonds. The Morgan fingerprint density at radius 2 is 1.94 bits per heavy atom. The van der Waals surface area contributed by atoms with Gasteiger partial charge in [0.15, 0.2) is 0 Å². The molecule has 0 unspecified atom stereocenters. The van der Waals surface area contributed by atoms with Gasteiger partial charge in [-0.05, 0) is 18.1 Å². The predicted octanol–water partition coefficient (Wildman–Crippen LogP) is 2.41. The van der Waals surface area contributed by atoms with E-state index in [2.05, 4.69) is 30.2 Å². The zero-order chi connectivity index (χ0) is 11.9. The van der Waals surface area contributed by atoms with E-state index in [1.165, 1.54) is 5.56 Å². The molecule has 17 heavy (non-hydrogen) atoms. The van der Waals surface area contributed by atoms with Crippen LogP contribution < -0.4 is 0 Å². The van der Waals surface area contributed by atoms with Gasteiger partial charge in [0.25, 0.3) is 0 Å². The molecule has 1 aliphatic heterocycles. The van der Waals surface area contributed by atoms with Gasteiger partial charge in [0.2, 0.25) is 0 Å². The number of nitrogens with zero attached hydrogens (tertiary/aromatic N) is 2. The lowest BCUT2D eigenvalue weighted by atomic mass is 10.1. The van der Waals surface area contributed by atoms with Crippen molar-refractivity contribution in [2.75, 3.05) is 26.3 Å². The van der Waals surface area contributed by atoms with Gasteiger partial charge in [0, 0.05) is 6.21 Å². The SMILES string of the molecule is CC(/C=N\N1CCOCC1)=C/c1ccccc1. The molecule has 0 spiro atoms. The minimum Gasteiger partial charge on any atom is -0.378 e. The standard InChI is InChI=1S/C14H18N2O/c1-13(11-14-5-3-2-4-6-14)12-15-16-7-9-17-10-8-16/h2-6,11-12H,7-10H2,1H3/b13-11-,15-12-. The quantitative estimate of drug-likeness (QED) is 0.745. The van der Waals surface area contributed by atoms with Crippen molar-refractivity contribution < 1.29 is 4.74 Å². The summed E-state index contributed by atoms with van der Waals surface area (Å²) in [5.41, 5.74) is 2.36. The zero-order valence-electron chi connectivity index (χ0n) is 10.2. The molecule has 3 heteroatoms. The first kappa shape index (κ1) is 11.9. The van der Waals surface area contributed by atoms with Gasteiger partial charge < -0.3 is 4.74 Å². The van der Waals surface area contributed by atoms with Crippen LogP contribution >= 0.6 is 0 Å². The molecule has 0 N–H and O–H groups in total. The molecule has 90 valence electrons. The summed E-state index contributed by atoms with van der Waals surface area (Å²) in [6.07, 6.45) is 4.04. The lowest BCUT2D eigenvalue weighted by molar-refractivity contribution is 0.0397. The molecule has 1 aliphatic rings. The fourth-order valence-electron chi connectivity index (χ4n) is 1.69. The fraction of sp³-hybridized carbons (Fsp3) is 0.357. The van der Waals surface area contributed by atoms with Gasteiger partial charge in [-0.1, -0.05) is 36.4 Å². The topological polar surface area (TPSA) is 24.8 Å². The molecule has 1 fully saturated rings. The average molecular weight is 230 g/mol. The van der Waals surface area contributed by atoms with E-state index in [0.717, 1.165) is 31.9 Å². The highest BCUT2D eigenvalue weighted by Gasteiger charge is 2.05. The number of benzene rings is 1. The predicted molar refractivity (Wildman–Crippen MR) is 71.0 cm³/mol. The summed E-state index contributed by atoms with van der Waals surface area (Å²) >= 11 is 0. The van der Waals surface area contributed by atoms with E-state index >= 15 is 0 Å². The third-order valence-electron chi connectivity index (χ3n) is 2.61. The Kier molecular flexibility index (Phi) is 4.33. The van der Waals surface area contributed by atoms with Crippen molar-refractivity contribution in [3.05, 3.63) is 41.5 Å². The summed E-state index contributed by atoms with van der Waals surface area (Å²) < 4.78 is 5.27. The maximum absolute atomic E-state index is 5.27. The summed E-state index contributed by atoms with van der Waals surface area (Å²) in [7, 11) is 0. The summed E-state index contributed by atoms with van der Waals surface area (Å²) in [6, 6.07) is 10.3. The molecule has 1 aromatic carbocycles. The van der Waals surface area contributed by atoms with Crippen LogP contribution in [-0.4, -0.2) is 37.5 Å². The van der Waals surface area contributed by atoms with E-state index in [1.807, 2.05) is 29.4 Å². The summed E-state index contributed by atoms with van der Waals surface area (Å²) in [5, 5.41) is 6.49. The Morgan fingerprint density at radius 3 is 2.65 bits per heavy atom. The van der Waals surface area contributed by atoms with Crippen molar-refractivity contribution in [1.29, 1.82) is 0 Å². The van der Waals surface area contributed by atoms with E-state index in [0.29, 0.717) is 0 Å². The third kappa shape index (κ3) is 4.04. The van der Waals surface area contributed by atoms with Gasteiger partial charge in [-0.3, -0.25) is 5.01 Å². The smallest absolute Gasteiger partial charge is 0.0659 e. The van der Waals surface area contributed by atoms with Crippen molar-refractivity contribution in [3.8, 4) is 0 Å². The molecule has 1 heterocycles. The molecule has 1 aromatic rings. The minimum absolute atomic E-state index is 0.777. The van der Waals surface area contributed by atoms with E-state index < -0.39 is 0 Å². The van der Waals surface area contributed by atoms with Crippen LogP contribution in [-0.2, 0) is 4.74 Å². The van der Waals surface area contributed by atoms with Crippen molar-refractivity contribution in [2.24, 2.45) is 5.10 Å². The maximum Gasteiger partial charge on any atom is 0.0659 e. The third-order valence-corrected chi connectivity index (χ3v) is 2.61. The maximum atomic E-state index is 5.27. The minimum atomic E-state index is 0.777. The first-order chi connectivity index (χ1) is 8.34. The van der Waals surface area contributed by atoms with Gasteiger partial charge in [0.1, 0.15) is 0 Å². The van der Waals surface area contributed by atoms with Crippen LogP contribution in [0.1, 0.15) is 12.5 Å². The van der Waals surface area contributed by atoms with E-state index in [9.17, 15) is 0 Å². The van der Waals surface area contributed by atoms with Gasteiger partial charge in [0.05, 0.1) is 26.3 Å². The number of hydrogen-bond donors (Lipinski definition) is 0. The van der Waals surface area contributed by atoms with Crippen LogP contribution in [0.25, 0.3) is 6.08 Å². The first-order valence-corrected chi connectivity index (χ1v) is 5.94. The first-order valence-electron chi connectivity index (χ1n) is 5.94. The molecule has 0 saturated carbocycles. The van der Waals surface area contributed by atoms with E-state index in [4.69, 9.17) is 4.74 Å². The fourth-order valence-corrected chi connectivity index (χ4v) is 1.69. The Balaban J connectivity index is 1.93. The monoisotopic (exact) mass is 230 g/mol. The second kappa shape index (κ2) is 6.21. The van der Waals surface area contributed by atoms with Crippen LogP contribution in [0.3, 0.4) is 0 Å². The zero-order valence-corrected chi connectivity index (χ0v) is 10.2. The molecule has 2 rings (SSSR count). The molecule has 0 aliphatic carbocycles. The molecule has 0 aromatic heterocycles. The van der Waals surface area contributed by atoms with Gasteiger partial charge >= 0.3 is 0 Å². The highest BCUT2D eigenvalue weighted by atomic mass is 16.5. The molecular formula is C14H18N2O. The molecule has 0 atom stereocenters. The molecule has 0 radical (unpaired) electrons. The second-order valence-corrected chi connectivity index (χ2v) is 4.11. The van der Waals surface area contributed by atoms with Crippen LogP contribution in [0.4, 0.5) is 0 Å². The van der Waals surface area contributed by atoms with Crippen LogP contribution in [0.5, 0.6) is 0 Å². The normalized spacial score (nSPS) is 17.7. The average Bonchev–Trinajstić information content (AvgIpc) is 2.39. The van der Waals surface area contributed by atoms with Gasteiger partial charge in [-0.15, -0.1) is 0 Å². The molecule has 0 bridgehead atoms. The number of hydrazone groups is 1. The van der Waals surface area contributed by atoms with Gasteiger partial charge in [-0.2, -0.15) is 5.10 Å². The number of rotatable bonds is 3. The molecular weight excluding hydrogens is 212 g/mol. The Morgan fingerprint density at radius 1 is 1.24 bits per heavy atom. The van der Waals surface area contributed by atoms with Crippen molar-refractivity contribution in [1.82, 2.24) is 5.01 Å². The Bertz CT molecular complexity index is 392. The Labute approximate surface area is 102 Å². The van der Waals surface area contributed by atoms with Crippen molar-refractivity contribution in [2.45, 2.75) is 6.92 Å². The van der Waals surface area contributed by atoms with Crippen molar-refractivity contribution >= 4 is 12.3 Å². The van der Waals surface area contributed by atoms with Crippen LogP contribution in [0.2, 0.25) is 0 Å². The van der Waals surface area contributed by atoms with Gasteiger partial charge in [-0.25, -0.2) is 0 Å². The number of ether oxygens (including phenoxy) is 1. The van der Waals surface area contributed by atoms with E-state index in [1.54, 1.807) is 0 Å².